The molecule has 0 bridgehead atoms. The molecule has 2 amide bonds. The Kier molecular flexibility index (Phi) is 6.44. The highest BCUT2D eigenvalue weighted by atomic mass is 16.5. The maximum Gasteiger partial charge on any atom is 0.254 e. The van der Waals surface area contributed by atoms with Gasteiger partial charge in [-0.3, -0.25) is 9.59 Å². The number of nitrogens with zero attached hydrogens (tertiary/aromatic N) is 2. The Labute approximate surface area is 159 Å². The second kappa shape index (κ2) is 9.19. The van der Waals surface area contributed by atoms with E-state index < -0.39 is 0 Å². The monoisotopic (exact) mass is 368 g/mol. The van der Waals surface area contributed by atoms with Crippen molar-refractivity contribution in [3.8, 4) is 5.75 Å². The summed E-state index contributed by atoms with van der Waals surface area (Å²) < 4.78 is 10.7. The molecule has 6 heteroatoms. The fourth-order valence-electron chi connectivity index (χ4n) is 3.02. The van der Waals surface area contributed by atoms with Gasteiger partial charge >= 0.3 is 0 Å². The van der Waals surface area contributed by atoms with E-state index >= 15 is 0 Å². The molecule has 1 saturated heterocycles. The zero-order chi connectivity index (χ0) is 19.1. The largest absolute Gasteiger partial charge is 0.497 e. The normalized spacial score (nSPS) is 14.1. The number of hydrogen-bond donors (Lipinski definition) is 0. The van der Waals surface area contributed by atoms with Gasteiger partial charge in [0.25, 0.3) is 5.91 Å². The van der Waals surface area contributed by atoms with Crippen LogP contribution in [0.1, 0.15) is 15.9 Å². The van der Waals surface area contributed by atoms with Gasteiger partial charge in [-0.2, -0.15) is 0 Å². The lowest BCUT2D eigenvalue weighted by Gasteiger charge is -2.34. The number of benzene rings is 2. The molecule has 2 aromatic rings. The molecule has 0 spiro atoms. The molecule has 3 rings (SSSR count). The van der Waals surface area contributed by atoms with Crippen LogP contribution < -0.4 is 4.74 Å². The summed E-state index contributed by atoms with van der Waals surface area (Å²) in [7, 11) is 1.58. The van der Waals surface area contributed by atoms with Crippen LogP contribution in [0.2, 0.25) is 0 Å². The number of hydrogen-bond acceptors (Lipinski definition) is 4. The van der Waals surface area contributed by atoms with Crippen molar-refractivity contribution in [3.05, 3.63) is 65.7 Å². The van der Waals surface area contributed by atoms with Crippen LogP contribution in [0.25, 0.3) is 0 Å². The fraction of sp³-hybridized carbons (Fsp3) is 0.333. The van der Waals surface area contributed by atoms with Crippen molar-refractivity contribution < 1.29 is 19.1 Å². The van der Waals surface area contributed by atoms with Gasteiger partial charge in [0, 0.05) is 31.7 Å². The van der Waals surface area contributed by atoms with Gasteiger partial charge in [0.1, 0.15) is 12.4 Å². The summed E-state index contributed by atoms with van der Waals surface area (Å²) in [5, 5.41) is 0. The van der Waals surface area contributed by atoms with Gasteiger partial charge in [0.05, 0.1) is 13.7 Å². The number of carbonyl (C=O) groups is 2. The van der Waals surface area contributed by atoms with Gasteiger partial charge in [0.2, 0.25) is 5.91 Å². The Morgan fingerprint density at radius 3 is 2.33 bits per heavy atom. The number of amides is 2. The number of rotatable bonds is 6. The molecule has 27 heavy (non-hydrogen) atoms. The molecule has 1 aliphatic rings. The highest BCUT2D eigenvalue weighted by molar-refractivity contribution is 5.94. The predicted octanol–water partition coefficient (Wildman–Crippen LogP) is 2.20. The molecule has 0 N–H and O–H groups in total. The molecular formula is C21H24N2O4. The Balaban J connectivity index is 1.45. The van der Waals surface area contributed by atoms with E-state index in [4.69, 9.17) is 9.47 Å². The van der Waals surface area contributed by atoms with Crippen LogP contribution in [0, 0.1) is 0 Å². The van der Waals surface area contributed by atoms with Crippen molar-refractivity contribution in [1.82, 2.24) is 9.80 Å². The van der Waals surface area contributed by atoms with Crippen LogP contribution in [-0.2, 0) is 16.1 Å². The number of methoxy groups -OCH3 is 1. The summed E-state index contributed by atoms with van der Waals surface area (Å²) in [4.78, 5) is 28.4. The smallest absolute Gasteiger partial charge is 0.254 e. The lowest BCUT2D eigenvalue weighted by Crippen LogP contribution is -2.51. The van der Waals surface area contributed by atoms with E-state index in [0.29, 0.717) is 44.1 Å². The van der Waals surface area contributed by atoms with Crippen molar-refractivity contribution in [2.24, 2.45) is 0 Å². The lowest BCUT2D eigenvalue weighted by molar-refractivity contribution is -0.138. The molecule has 0 saturated carbocycles. The van der Waals surface area contributed by atoms with E-state index in [9.17, 15) is 9.59 Å². The molecule has 0 unspecified atom stereocenters. The van der Waals surface area contributed by atoms with Crippen LogP contribution >= 0.6 is 0 Å². The maximum absolute atomic E-state index is 12.6. The first-order valence-electron chi connectivity index (χ1n) is 9.00. The number of carbonyl (C=O) groups excluding carboxylic acids is 2. The summed E-state index contributed by atoms with van der Waals surface area (Å²) >= 11 is 0. The first-order valence-corrected chi connectivity index (χ1v) is 9.00. The Bertz CT molecular complexity index is 771. The van der Waals surface area contributed by atoms with Crippen LogP contribution in [0.15, 0.2) is 54.6 Å². The lowest BCUT2D eigenvalue weighted by atomic mass is 10.1. The Hall–Kier alpha value is -2.86. The number of ether oxygens (including phenoxy) is 2. The molecule has 0 aliphatic carbocycles. The van der Waals surface area contributed by atoms with Gasteiger partial charge < -0.3 is 19.3 Å². The summed E-state index contributed by atoms with van der Waals surface area (Å²) in [5.74, 6) is 0.575. The van der Waals surface area contributed by atoms with Crippen LogP contribution in [0.3, 0.4) is 0 Å². The minimum Gasteiger partial charge on any atom is -0.497 e. The SMILES string of the molecule is COc1cccc(C(=O)N2CCN(C(=O)COCc3ccccc3)CC2)c1. The van der Waals surface area contributed by atoms with E-state index in [-0.39, 0.29) is 18.4 Å². The molecule has 2 aromatic carbocycles. The van der Waals surface area contributed by atoms with Crippen LogP contribution in [0.4, 0.5) is 0 Å². The van der Waals surface area contributed by atoms with Crippen molar-refractivity contribution >= 4 is 11.8 Å². The summed E-state index contributed by atoms with van der Waals surface area (Å²) in [5.41, 5.74) is 1.64. The van der Waals surface area contributed by atoms with Gasteiger partial charge in [-0.15, -0.1) is 0 Å². The molecule has 6 nitrogen and oxygen atoms in total. The zero-order valence-corrected chi connectivity index (χ0v) is 15.5. The maximum atomic E-state index is 12.6. The van der Waals surface area contributed by atoms with Gasteiger partial charge in [-0.05, 0) is 23.8 Å². The topological polar surface area (TPSA) is 59.1 Å². The molecule has 1 aliphatic heterocycles. The van der Waals surface area contributed by atoms with Crippen molar-refractivity contribution in [3.63, 3.8) is 0 Å². The first kappa shape index (κ1) is 18.9. The standard InChI is InChI=1S/C21H24N2O4/c1-26-19-9-5-8-18(14-19)21(25)23-12-10-22(11-13-23)20(24)16-27-15-17-6-3-2-4-7-17/h2-9,14H,10-13,15-16H2,1H3. The minimum atomic E-state index is -0.0422. The molecule has 0 atom stereocenters. The average molecular weight is 368 g/mol. The van der Waals surface area contributed by atoms with E-state index in [1.54, 1.807) is 35.1 Å². The second-order valence-corrected chi connectivity index (χ2v) is 6.38. The molecule has 142 valence electrons. The third-order valence-electron chi connectivity index (χ3n) is 4.57. The van der Waals surface area contributed by atoms with E-state index in [1.165, 1.54) is 0 Å². The highest BCUT2D eigenvalue weighted by Crippen LogP contribution is 2.15. The second-order valence-electron chi connectivity index (χ2n) is 6.38. The summed E-state index contributed by atoms with van der Waals surface area (Å²) in [6, 6.07) is 16.9. The van der Waals surface area contributed by atoms with Gasteiger partial charge in [0.15, 0.2) is 0 Å². The fourth-order valence-corrected chi connectivity index (χ4v) is 3.02. The minimum absolute atomic E-state index is 0.0404. The molecular weight excluding hydrogens is 344 g/mol. The summed E-state index contributed by atoms with van der Waals surface area (Å²) in [6.07, 6.45) is 0. The third-order valence-corrected chi connectivity index (χ3v) is 4.57. The van der Waals surface area contributed by atoms with Gasteiger partial charge in [-0.25, -0.2) is 0 Å². The molecule has 0 aromatic heterocycles. The molecule has 1 fully saturated rings. The van der Waals surface area contributed by atoms with Crippen LogP contribution in [-0.4, -0.2) is 61.5 Å². The number of piperazine rings is 1. The first-order chi connectivity index (χ1) is 13.2. The zero-order valence-electron chi connectivity index (χ0n) is 15.5. The van der Waals surface area contributed by atoms with Gasteiger partial charge in [-0.1, -0.05) is 36.4 Å². The summed E-state index contributed by atoms with van der Waals surface area (Å²) in [6.45, 7) is 2.53. The molecule has 1 heterocycles. The molecule has 0 radical (unpaired) electrons. The predicted molar refractivity (Wildman–Crippen MR) is 102 cm³/mol. The Morgan fingerprint density at radius 2 is 1.63 bits per heavy atom. The van der Waals surface area contributed by atoms with E-state index in [0.717, 1.165) is 5.56 Å². The Morgan fingerprint density at radius 1 is 0.926 bits per heavy atom. The third kappa shape index (κ3) is 5.08. The van der Waals surface area contributed by atoms with Crippen molar-refractivity contribution in [2.45, 2.75) is 6.61 Å². The highest BCUT2D eigenvalue weighted by Gasteiger charge is 2.25. The van der Waals surface area contributed by atoms with Crippen LogP contribution in [0.5, 0.6) is 5.75 Å². The van der Waals surface area contributed by atoms with E-state index in [1.807, 2.05) is 36.4 Å². The van der Waals surface area contributed by atoms with E-state index in [2.05, 4.69) is 0 Å². The average Bonchev–Trinajstić information content (AvgIpc) is 2.74. The van der Waals surface area contributed by atoms with Crippen molar-refractivity contribution in [2.75, 3.05) is 39.9 Å². The van der Waals surface area contributed by atoms with Crippen molar-refractivity contribution in [1.29, 1.82) is 0 Å². The quantitative estimate of drug-likeness (QED) is 0.784.